The van der Waals surface area contributed by atoms with Gasteiger partial charge in [0, 0.05) is 6.54 Å². The monoisotopic (exact) mass is 282 g/mol. The molecule has 7 heteroatoms. The molecule has 0 aromatic heterocycles. The van der Waals surface area contributed by atoms with E-state index in [0.29, 0.717) is 11.1 Å². The number of methoxy groups -OCH3 is 1. The van der Waals surface area contributed by atoms with Crippen LogP contribution in [-0.4, -0.2) is 26.7 Å². The number of carbonyl (C=O) groups is 1. The Morgan fingerprint density at radius 2 is 2.00 bits per heavy atom. The zero-order chi connectivity index (χ0) is 14.5. The van der Waals surface area contributed by atoms with E-state index >= 15 is 0 Å². The molecule has 1 N–H and O–H groups in total. The van der Waals surface area contributed by atoms with Gasteiger partial charge in [-0.25, -0.2) is 13.1 Å². The van der Waals surface area contributed by atoms with E-state index in [-0.39, 0.29) is 6.54 Å². The average molecular weight is 282 g/mol. The van der Waals surface area contributed by atoms with Gasteiger partial charge in [0.15, 0.2) is 5.25 Å². The number of benzene rings is 1. The molecule has 6 nitrogen and oxygen atoms in total. The molecule has 0 amide bonds. The highest BCUT2D eigenvalue weighted by atomic mass is 32.2. The first-order chi connectivity index (χ1) is 8.90. The van der Waals surface area contributed by atoms with Crippen molar-refractivity contribution < 1.29 is 17.9 Å². The molecular weight excluding hydrogens is 268 g/mol. The van der Waals surface area contributed by atoms with E-state index in [2.05, 4.69) is 9.46 Å². The Bertz CT molecular complexity index is 587. The van der Waals surface area contributed by atoms with Crippen LogP contribution >= 0.6 is 0 Å². The van der Waals surface area contributed by atoms with Gasteiger partial charge in [-0.3, -0.25) is 4.79 Å². The molecule has 0 radical (unpaired) electrons. The maximum absolute atomic E-state index is 11.8. The van der Waals surface area contributed by atoms with Gasteiger partial charge in [-0.1, -0.05) is 12.1 Å². The molecule has 1 aromatic rings. The van der Waals surface area contributed by atoms with Crippen LogP contribution in [0, 0.1) is 11.3 Å². The third kappa shape index (κ3) is 4.05. The maximum atomic E-state index is 11.8. The largest absolute Gasteiger partial charge is 0.468 e. The molecular formula is C12H14N2O4S. The van der Waals surface area contributed by atoms with Crippen LogP contribution in [0.3, 0.4) is 0 Å². The molecule has 0 bridgehead atoms. The van der Waals surface area contributed by atoms with Crippen LogP contribution in [0.25, 0.3) is 0 Å². The number of nitrogens with zero attached hydrogens (tertiary/aromatic N) is 1. The Morgan fingerprint density at radius 3 is 2.47 bits per heavy atom. The van der Waals surface area contributed by atoms with Gasteiger partial charge >= 0.3 is 5.97 Å². The van der Waals surface area contributed by atoms with E-state index in [1.165, 1.54) is 6.92 Å². The van der Waals surface area contributed by atoms with Crippen molar-refractivity contribution in [1.82, 2.24) is 4.72 Å². The first-order valence-electron chi connectivity index (χ1n) is 5.46. The second-order valence-electron chi connectivity index (χ2n) is 3.84. The van der Waals surface area contributed by atoms with Crippen molar-refractivity contribution in [2.45, 2.75) is 18.7 Å². The molecule has 0 heterocycles. The summed E-state index contributed by atoms with van der Waals surface area (Å²) in [6.07, 6.45) is 0. The third-order valence-electron chi connectivity index (χ3n) is 2.56. The topological polar surface area (TPSA) is 96.3 Å². The summed E-state index contributed by atoms with van der Waals surface area (Å²) in [4.78, 5) is 11.2. The quantitative estimate of drug-likeness (QED) is 0.795. The van der Waals surface area contributed by atoms with Gasteiger partial charge in [-0.15, -0.1) is 0 Å². The second-order valence-corrected chi connectivity index (χ2v) is 5.93. The summed E-state index contributed by atoms with van der Waals surface area (Å²) in [5.41, 5.74) is 1.19. The smallest absolute Gasteiger partial charge is 0.325 e. The van der Waals surface area contributed by atoms with Crippen molar-refractivity contribution in [1.29, 1.82) is 5.26 Å². The van der Waals surface area contributed by atoms with Gasteiger partial charge in [0.05, 0.1) is 18.7 Å². The molecule has 0 aliphatic carbocycles. The number of hydrogen-bond acceptors (Lipinski definition) is 5. The number of rotatable bonds is 5. The number of esters is 1. The Labute approximate surface area is 112 Å². The van der Waals surface area contributed by atoms with Gasteiger partial charge in [0.2, 0.25) is 10.0 Å². The van der Waals surface area contributed by atoms with Crippen LogP contribution in [0.5, 0.6) is 0 Å². The van der Waals surface area contributed by atoms with Crippen molar-refractivity contribution >= 4 is 16.0 Å². The van der Waals surface area contributed by atoms with Gasteiger partial charge in [0.1, 0.15) is 0 Å². The summed E-state index contributed by atoms with van der Waals surface area (Å²) >= 11 is 0. The van der Waals surface area contributed by atoms with E-state index in [0.717, 1.165) is 7.11 Å². The lowest BCUT2D eigenvalue weighted by atomic mass is 10.1. The number of nitrogens with one attached hydrogen (secondary N) is 1. The highest BCUT2D eigenvalue weighted by molar-refractivity contribution is 7.90. The summed E-state index contributed by atoms with van der Waals surface area (Å²) in [5.74, 6) is -0.813. The number of ether oxygens (including phenoxy) is 1. The molecule has 0 aliphatic heterocycles. The number of carbonyl (C=O) groups excluding carboxylic acids is 1. The maximum Gasteiger partial charge on any atom is 0.325 e. The molecule has 19 heavy (non-hydrogen) atoms. The molecule has 0 aliphatic rings. The van der Waals surface area contributed by atoms with E-state index in [1.807, 2.05) is 6.07 Å². The zero-order valence-corrected chi connectivity index (χ0v) is 11.4. The Morgan fingerprint density at radius 1 is 1.42 bits per heavy atom. The fraction of sp³-hybridized carbons (Fsp3) is 0.333. The van der Waals surface area contributed by atoms with Crippen molar-refractivity contribution in [3.63, 3.8) is 0 Å². The third-order valence-corrected chi connectivity index (χ3v) is 4.23. The molecule has 1 aromatic carbocycles. The van der Waals surface area contributed by atoms with Crippen molar-refractivity contribution in [2.24, 2.45) is 0 Å². The summed E-state index contributed by atoms with van der Waals surface area (Å²) in [5, 5.41) is 7.37. The molecule has 0 fully saturated rings. The SMILES string of the molecule is COC(=O)C(C)S(=O)(=O)NCc1ccc(C#N)cc1. The number of sulfonamides is 1. The Kier molecular flexibility index (Phi) is 5.03. The van der Waals surface area contributed by atoms with Crippen LogP contribution in [0.4, 0.5) is 0 Å². The lowest BCUT2D eigenvalue weighted by molar-refractivity contribution is -0.139. The highest BCUT2D eigenvalue weighted by Crippen LogP contribution is 2.06. The van der Waals surface area contributed by atoms with Crippen LogP contribution in [-0.2, 0) is 26.1 Å². The van der Waals surface area contributed by atoms with E-state index in [1.54, 1.807) is 24.3 Å². The fourth-order valence-corrected chi connectivity index (χ4v) is 2.27. The minimum absolute atomic E-state index is 0.0510. The van der Waals surface area contributed by atoms with Crippen molar-refractivity contribution in [3.05, 3.63) is 35.4 Å². The highest BCUT2D eigenvalue weighted by Gasteiger charge is 2.28. The number of nitriles is 1. The van der Waals surface area contributed by atoms with E-state index in [9.17, 15) is 13.2 Å². The van der Waals surface area contributed by atoms with Crippen LogP contribution in [0.15, 0.2) is 24.3 Å². The molecule has 1 rings (SSSR count). The summed E-state index contributed by atoms with van der Waals surface area (Å²) in [6, 6.07) is 8.43. The van der Waals surface area contributed by atoms with Gasteiger partial charge in [0.25, 0.3) is 0 Å². The predicted molar refractivity (Wildman–Crippen MR) is 68.4 cm³/mol. The van der Waals surface area contributed by atoms with Crippen LogP contribution < -0.4 is 4.72 Å². The summed E-state index contributed by atoms with van der Waals surface area (Å²) in [6.45, 7) is 1.31. The zero-order valence-electron chi connectivity index (χ0n) is 10.6. The van der Waals surface area contributed by atoms with Gasteiger partial charge in [-0.05, 0) is 24.6 Å². The molecule has 102 valence electrons. The first kappa shape index (κ1) is 15.1. The molecule has 0 saturated heterocycles. The Balaban J connectivity index is 2.70. The fourth-order valence-electron chi connectivity index (χ4n) is 1.30. The van der Waals surface area contributed by atoms with Crippen LogP contribution in [0.2, 0.25) is 0 Å². The first-order valence-corrected chi connectivity index (χ1v) is 7.00. The predicted octanol–water partition coefficient (Wildman–Crippen LogP) is 0.539. The van der Waals surface area contributed by atoms with Gasteiger partial charge < -0.3 is 4.74 Å². The Hall–Kier alpha value is -1.91. The summed E-state index contributed by atoms with van der Waals surface area (Å²) in [7, 11) is -2.64. The minimum Gasteiger partial charge on any atom is -0.468 e. The van der Waals surface area contributed by atoms with E-state index < -0.39 is 21.2 Å². The molecule has 0 spiro atoms. The lowest BCUT2D eigenvalue weighted by Crippen LogP contribution is -2.37. The van der Waals surface area contributed by atoms with Gasteiger partial charge in [-0.2, -0.15) is 5.26 Å². The molecule has 1 atom stereocenters. The number of hydrogen-bond donors (Lipinski definition) is 1. The van der Waals surface area contributed by atoms with Crippen molar-refractivity contribution in [2.75, 3.05) is 7.11 Å². The average Bonchev–Trinajstić information content (AvgIpc) is 2.44. The molecule has 0 saturated carbocycles. The second kappa shape index (κ2) is 6.31. The standard InChI is InChI=1S/C12H14N2O4S/c1-9(12(15)18-2)19(16,17)14-8-11-5-3-10(7-13)4-6-11/h3-6,9,14H,8H2,1-2H3. The summed E-state index contributed by atoms with van der Waals surface area (Å²) < 4.78 is 30.2. The van der Waals surface area contributed by atoms with Crippen molar-refractivity contribution in [3.8, 4) is 6.07 Å². The minimum atomic E-state index is -3.78. The normalized spacial score (nSPS) is 12.5. The van der Waals surface area contributed by atoms with Crippen LogP contribution in [0.1, 0.15) is 18.1 Å². The lowest BCUT2D eigenvalue weighted by Gasteiger charge is -2.11. The molecule has 1 unspecified atom stereocenters. The van der Waals surface area contributed by atoms with E-state index in [4.69, 9.17) is 5.26 Å².